The van der Waals surface area contributed by atoms with Gasteiger partial charge in [0, 0.05) is 12.6 Å². The topological polar surface area (TPSA) is 114 Å². The van der Waals surface area contributed by atoms with E-state index in [1.165, 1.54) is 20.1 Å². The van der Waals surface area contributed by atoms with E-state index in [0.29, 0.717) is 11.4 Å². The van der Waals surface area contributed by atoms with Gasteiger partial charge in [0.15, 0.2) is 0 Å². The fraction of sp³-hybridized carbons (Fsp3) is 0.300. The summed E-state index contributed by atoms with van der Waals surface area (Å²) >= 11 is 0. The van der Waals surface area contributed by atoms with Crippen LogP contribution in [-0.4, -0.2) is 33.6 Å². The number of anilines is 2. The molecule has 0 radical (unpaired) electrons. The number of ether oxygens (including phenoxy) is 1. The number of methoxy groups -OCH3 is 1. The number of rotatable bonds is 8. The molecule has 0 aromatic heterocycles. The molecule has 3 N–H and O–H groups in total. The van der Waals surface area contributed by atoms with E-state index in [-0.39, 0.29) is 23.9 Å². The SMILES string of the molecule is COc1ccc(NC(=O)C[C@@H](NC(C)=O)c2ccc(C)cc2)cc1NS(C)(=O)=O. The molecule has 2 rings (SSSR count). The largest absolute Gasteiger partial charge is 0.495 e. The van der Waals surface area contributed by atoms with Crippen molar-refractivity contribution >= 4 is 33.2 Å². The summed E-state index contributed by atoms with van der Waals surface area (Å²) in [5.41, 5.74) is 2.50. The monoisotopic (exact) mass is 419 g/mol. The summed E-state index contributed by atoms with van der Waals surface area (Å²) in [5.74, 6) is -0.253. The average Bonchev–Trinajstić information content (AvgIpc) is 2.60. The third kappa shape index (κ3) is 7.11. The lowest BCUT2D eigenvalue weighted by Gasteiger charge is -2.19. The third-order valence-electron chi connectivity index (χ3n) is 4.03. The molecule has 29 heavy (non-hydrogen) atoms. The summed E-state index contributed by atoms with van der Waals surface area (Å²) in [6.45, 7) is 3.35. The van der Waals surface area contributed by atoms with Gasteiger partial charge in [0.25, 0.3) is 0 Å². The number of amides is 2. The van der Waals surface area contributed by atoms with Crippen molar-refractivity contribution in [3.63, 3.8) is 0 Å². The van der Waals surface area contributed by atoms with Gasteiger partial charge in [0.2, 0.25) is 21.8 Å². The smallest absolute Gasteiger partial charge is 0.229 e. The predicted molar refractivity (Wildman–Crippen MR) is 112 cm³/mol. The van der Waals surface area contributed by atoms with Crippen LogP contribution in [0.15, 0.2) is 42.5 Å². The molecule has 0 aliphatic rings. The summed E-state index contributed by atoms with van der Waals surface area (Å²) in [4.78, 5) is 24.1. The molecule has 2 aromatic carbocycles. The summed E-state index contributed by atoms with van der Waals surface area (Å²) in [6, 6.07) is 11.7. The molecular weight excluding hydrogens is 394 g/mol. The molecule has 9 heteroatoms. The van der Waals surface area contributed by atoms with E-state index in [1.807, 2.05) is 31.2 Å². The lowest BCUT2D eigenvalue weighted by Crippen LogP contribution is -2.29. The minimum absolute atomic E-state index is 0.0174. The van der Waals surface area contributed by atoms with E-state index >= 15 is 0 Å². The quantitative estimate of drug-likeness (QED) is 0.609. The number of benzene rings is 2. The van der Waals surface area contributed by atoms with Crippen LogP contribution >= 0.6 is 0 Å². The maximum atomic E-state index is 12.6. The maximum absolute atomic E-state index is 12.6. The highest BCUT2D eigenvalue weighted by atomic mass is 32.2. The van der Waals surface area contributed by atoms with Gasteiger partial charge in [0.05, 0.1) is 31.5 Å². The van der Waals surface area contributed by atoms with Gasteiger partial charge in [-0.05, 0) is 30.7 Å². The van der Waals surface area contributed by atoms with Crippen LogP contribution in [0.3, 0.4) is 0 Å². The highest BCUT2D eigenvalue weighted by molar-refractivity contribution is 7.92. The van der Waals surface area contributed by atoms with E-state index < -0.39 is 16.1 Å². The first-order valence-corrected chi connectivity index (χ1v) is 10.8. The minimum Gasteiger partial charge on any atom is -0.495 e. The van der Waals surface area contributed by atoms with Crippen LogP contribution in [0.2, 0.25) is 0 Å². The maximum Gasteiger partial charge on any atom is 0.229 e. The molecule has 0 fully saturated rings. The van der Waals surface area contributed by atoms with Crippen molar-refractivity contribution in [1.82, 2.24) is 5.32 Å². The van der Waals surface area contributed by atoms with E-state index in [4.69, 9.17) is 4.74 Å². The highest BCUT2D eigenvalue weighted by Gasteiger charge is 2.18. The Morgan fingerprint density at radius 3 is 2.31 bits per heavy atom. The van der Waals surface area contributed by atoms with Crippen LogP contribution in [0.5, 0.6) is 5.75 Å². The van der Waals surface area contributed by atoms with Crippen molar-refractivity contribution < 1.29 is 22.7 Å². The molecule has 0 aliphatic carbocycles. The van der Waals surface area contributed by atoms with Gasteiger partial charge in [-0.3, -0.25) is 14.3 Å². The van der Waals surface area contributed by atoms with Crippen molar-refractivity contribution in [3.05, 3.63) is 53.6 Å². The predicted octanol–water partition coefficient (Wildman–Crippen LogP) is 2.58. The van der Waals surface area contributed by atoms with E-state index in [1.54, 1.807) is 12.1 Å². The standard InChI is InChI=1S/C20H25N3O5S/c1-13-5-7-15(8-6-13)17(21-14(2)24)12-20(25)22-16-9-10-19(28-3)18(11-16)23-29(4,26)27/h5-11,17,23H,12H2,1-4H3,(H,21,24)(H,22,25)/t17-/m1/s1. The van der Waals surface area contributed by atoms with E-state index in [2.05, 4.69) is 15.4 Å². The second-order valence-corrected chi connectivity index (χ2v) is 8.45. The molecule has 0 aliphatic heterocycles. The van der Waals surface area contributed by atoms with Gasteiger partial charge in [-0.1, -0.05) is 29.8 Å². The van der Waals surface area contributed by atoms with Gasteiger partial charge in [-0.2, -0.15) is 0 Å². The first-order chi connectivity index (χ1) is 13.6. The van der Waals surface area contributed by atoms with Crippen molar-refractivity contribution in [2.24, 2.45) is 0 Å². The van der Waals surface area contributed by atoms with Crippen molar-refractivity contribution in [2.45, 2.75) is 26.3 Å². The van der Waals surface area contributed by atoms with Gasteiger partial charge in [-0.25, -0.2) is 8.42 Å². The average molecular weight is 420 g/mol. The summed E-state index contributed by atoms with van der Waals surface area (Å²) < 4.78 is 30.6. The first-order valence-electron chi connectivity index (χ1n) is 8.86. The van der Waals surface area contributed by atoms with Crippen LogP contribution < -0.4 is 20.1 Å². The number of carbonyl (C=O) groups is 2. The lowest BCUT2D eigenvalue weighted by molar-refractivity contribution is -0.120. The molecule has 8 nitrogen and oxygen atoms in total. The molecule has 0 heterocycles. The second-order valence-electron chi connectivity index (χ2n) is 6.71. The molecule has 0 saturated carbocycles. The molecule has 2 aromatic rings. The zero-order chi connectivity index (χ0) is 21.6. The number of aryl methyl sites for hydroxylation is 1. The molecular formula is C20H25N3O5S. The molecule has 0 unspecified atom stereocenters. The van der Waals surface area contributed by atoms with Crippen molar-refractivity contribution in [1.29, 1.82) is 0 Å². The Labute approximate surface area is 170 Å². The zero-order valence-electron chi connectivity index (χ0n) is 16.8. The van der Waals surface area contributed by atoms with Crippen LogP contribution in [0, 0.1) is 6.92 Å². The van der Waals surface area contributed by atoms with Crippen molar-refractivity contribution in [2.75, 3.05) is 23.4 Å². The minimum atomic E-state index is -3.52. The van der Waals surface area contributed by atoms with Gasteiger partial charge in [-0.15, -0.1) is 0 Å². The van der Waals surface area contributed by atoms with Crippen LogP contribution in [0.25, 0.3) is 0 Å². The molecule has 0 saturated heterocycles. The Hall–Kier alpha value is -3.07. The fourth-order valence-electron chi connectivity index (χ4n) is 2.76. The Balaban J connectivity index is 2.17. The van der Waals surface area contributed by atoms with Crippen LogP contribution in [-0.2, 0) is 19.6 Å². The summed E-state index contributed by atoms with van der Waals surface area (Å²) in [7, 11) is -2.10. The number of sulfonamides is 1. The fourth-order valence-corrected chi connectivity index (χ4v) is 3.32. The second kappa shape index (κ2) is 9.42. The molecule has 156 valence electrons. The number of hydrogen-bond donors (Lipinski definition) is 3. The number of hydrogen-bond acceptors (Lipinski definition) is 5. The van der Waals surface area contributed by atoms with Crippen LogP contribution in [0.1, 0.15) is 30.5 Å². The van der Waals surface area contributed by atoms with Gasteiger partial charge < -0.3 is 15.4 Å². The molecule has 1 atom stereocenters. The lowest BCUT2D eigenvalue weighted by atomic mass is 10.0. The normalized spacial score (nSPS) is 12.0. The van der Waals surface area contributed by atoms with E-state index in [0.717, 1.165) is 17.4 Å². The Morgan fingerprint density at radius 1 is 1.10 bits per heavy atom. The molecule has 0 bridgehead atoms. The van der Waals surface area contributed by atoms with E-state index in [9.17, 15) is 18.0 Å². The Bertz CT molecular complexity index is 988. The van der Waals surface area contributed by atoms with Crippen LogP contribution in [0.4, 0.5) is 11.4 Å². The third-order valence-corrected chi connectivity index (χ3v) is 4.62. The molecule has 0 spiro atoms. The summed E-state index contributed by atoms with van der Waals surface area (Å²) in [5, 5.41) is 5.51. The van der Waals surface area contributed by atoms with Gasteiger partial charge >= 0.3 is 0 Å². The zero-order valence-corrected chi connectivity index (χ0v) is 17.6. The summed E-state index contributed by atoms with van der Waals surface area (Å²) in [6.07, 6.45) is 1.04. The van der Waals surface area contributed by atoms with Gasteiger partial charge in [0.1, 0.15) is 5.75 Å². The number of nitrogens with one attached hydrogen (secondary N) is 3. The number of carbonyl (C=O) groups excluding carboxylic acids is 2. The Morgan fingerprint density at radius 2 is 1.76 bits per heavy atom. The van der Waals surface area contributed by atoms with Crippen molar-refractivity contribution in [3.8, 4) is 5.75 Å². The first kappa shape index (κ1) is 22.2. The Kier molecular flexibility index (Phi) is 7.22. The highest BCUT2D eigenvalue weighted by Crippen LogP contribution is 2.29. The molecule has 2 amide bonds.